The summed E-state index contributed by atoms with van der Waals surface area (Å²) >= 11 is 1.40. The summed E-state index contributed by atoms with van der Waals surface area (Å²) in [5.41, 5.74) is 7.76. The zero-order valence-electron chi connectivity index (χ0n) is 12.2. The minimum absolute atomic E-state index is 0.0160. The molecule has 0 unspecified atom stereocenters. The van der Waals surface area contributed by atoms with Crippen molar-refractivity contribution >= 4 is 22.4 Å². The zero-order valence-corrected chi connectivity index (χ0v) is 13.0. The number of amides is 1. The van der Waals surface area contributed by atoms with E-state index < -0.39 is 0 Å². The number of aromatic nitrogens is 1. The third kappa shape index (κ3) is 4.65. The van der Waals surface area contributed by atoms with Gasteiger partial charge in [0.1, 0.15) is 0 Å². The fourth-order valence-electron chi connectivity index (χ4n) is 1.97. The minimum Gasteiger partial charge on any atom is -0.330 e. The Labute approximate surface area is 133 Å². The fourth-order valence-corrected chi connectivity index (χ4v) is 2.70. The van der Waals surface area contributed by atoms with Crippen LogP contribution in [0.2, 0.25) is 0 Å². The van der Waals surface area contributed by atoms with Gasteiger partial charge in [-0.15, -0.1) is 11.3 Å². The van der Waals surface area contributed by atoms with Crippen LogP contribution in [0.25, 0.3) is 11.3 Å². The first-order chi connectivity index (χ1) is 10.7. The van der Waals surface area contributed by atoms with Crippen molar-refractivity contribution < 1.29 is 4.79 Å². The van der Waals surface area contributed by atoms with Gasteiger partial charge in [-0.3, -0.25) is 4.79 Å². The number of thiazole rings is 1. The molecule has 1 amide bonds. The Morgan fingerprint density at radius 2 is 2.05 bits per heavy atom. The maximum Gasteiger partial charge on any atom is 0.226 e. The molecule has 0 saturated carbocycles. The number of nitriles is 1. The first-order valence-electron chi connectivity index (χ1n) is 7.19. The first-order valence-corrected chi connectivity index (χ1v) is 8.07. The van der Waals surface area contributed by atoms with Crippen LogP contribution in [0.3, 0.4) is 0 Å². The minimum atomic E-state index is -0.0160. The molecule has 1 aromatic carbocycles. The standard InChI is InChI=1S/C16H18N4OS/c17-9-3-1-2-4-15(21)20-16-19-14(11-22-16)13-7-5-12(10-18)6-8-13/h5-8,11H,1-4,9,17H2,(H,19,20,21). The molecule has 0 atom stereocenters. The number of nitrogens with two attached hydrogens (primary N) is 1. The van der Waals surface area contributed by atoms with Crippen molar-refractivity contribution in [3.8, 4) is 17.3 Å². The average molecular weight is 314 g/mol. The lowest BCUT2D eigenvalue weighted by Gasteiger charge is -2.01. The molecule has 5 nitrogen and oxygen atoms in total. The number of rotatable bonds is 7. The molecule has 0 radical (unpaired) electrons. The molecule has 0 aliphatic heterocycles. The maximum atomic E-state index is 11.8. The monoisotopic (exact) mass is 314 g/mol. The predicted molar refractivity (Wildman–Crippen MR) is 88.4 cm³/mol. The molecule has 0 aliphatic carbocycles. The molecule has 1 heterocycles. The third-order valence-corrected chi connectivity index (χ3v) is 3.93. The molecule has 114 valence electrons. The number of benzene rings is 1. The van der Waals surface area contributed by atoms with Gasteiger partial charge in [0.2, 0.25) is 5.91 Å². The molecule has 1 aromatic heterocycles. The zero-order chi connectivity index (χ0) is 15.8. The lowest BCUT2D eigenvalue weighted by atomic mass is 10.1. The van der Waals surface area contributed by atoms with E-state index in [2.05, 4.69) is 16.4 Å². The molecule has 0 fully saturated rings. The van der Waals surface area contributed by atoms with Gasteiger partial charge in [-0.25, -0.2) is 4.98 Å². The molecule has 2 rings (SSSR count). The number of hydrogen-bond acceptors (Lipinski definition) is 5. The van der Waals surface area contributed by atoms with Gasteiger partial charge in [0.15, 0.2) is 5.13 Å². The molecule has 0 spiro atoms. The van der Waals surface area contributed by atoms with Crippen molar-refractivity contribution in [1.29, 1.82) is 5.26 Å². The highest BCUT2D eigenvalue weighted by atomic mass is 32.1. The Kier molecular flexibility index (Phi) is 6.07. The van der Waals surface area contributed by atoms with Crippen molar-refractivity contribution in [2.24, 2.45) is 5.73 Å². The van der Waals surface area contributed by atoms with Crippen LogP contribution in [0.4, 0.5) is 5.13 Å². The van der Waals surface area contributed by atoms with Gasteiger partial charge in [0, 0.05) is 17.4 Å². The lowest BCUT2D eigenvalue weighted by molar-refractivity contribution is -0.116. The largest absolute Gasteiger partial charge is 0.330 e. The highest BCUT2D eigenvalue weighted by Crippen LogP contribution is 2.25. The Balaban J connectivity index is 1.90. The summed E-state index contributed by atoms with van der Waals surface area (Å²) in [5.74, 6) is -0.0160. The SMILES string of the molecule is N#Cc1ccc(-c2csc(NC(=O)CCCCCN)n2)cc1. The number of hydrogen-bond donors (Lipinski definition) is 2. The van der Waals surface area contributed by atoms with Crippen molar-refractivity contribution in [1.82, 2.24) is 4.98 Å². The number of nitrogens with one attached hydrogen (secondary N) is 1. The summed E-state index contributed by atoms with van der Waals surface area (Å²) in [7, 11) is 0. The van der Waals surface area contributed by atoms with Gasteiger partial charge >= 0.3 is 0 Å². The fraction of sp³-hybridized carbons (Fsp3) is 0.312. The molecule has 0 bridgehead atoms. The summed E-state index contributed by atoms with van der Waals surface area (Å²) in [4.78, 5) is 16.2. The second-order valence-corrected chi connectivity index (χ2v) is 5.73. The smallest absolute Gasteiger partial charge is 0.226 e. The van der Waals surface area contributed by atoms with Crippen molar-refractivity contribution in [2.75, 3.05) is 11.9 Å². The van der Waals surface area contributed by atoms with Crippen LogP contribution in [0, 0.1) is 11.3 Å². The average Bonchev–Trinajstić information content (AvgIpc) is 3.00. The lowest BCUT2D eigenvalue weighted by Crippen LogP contribution is -2.11. The molecule has 0 saturated heterocycles. The van der Waals surface area contributed by atoms with Crippen LogP contribution in [0.1, 0.15) is 31.2 Å². The number of carbonyl (C=O) groups is 1. The van der Waals surface area contributed by atoms with Gasteiger partial charge in [-0.2, -0.15) is 5.26 Å². The molecule has 0 aliphatic rings. The van der Waals surface area contributed by atoms with E-state index in [1.165, 1.54) is 11.3 Å². The maximum absolute atomic E-state index is 11.8. The summed E-state index contributed by atoms with van der Waals surface area (Å²) in [6, 6.07) is 9.30. The Bertz CT molecular complexity index is 658. The van der Waals surface area contributed by atoms with E-state index in [-0.39, 0.29) is 5.91 Å². The molecule has 3 N–H and O–H groups in total. The van der Waals surface area contributed by atoms with Crippen LogP contribution >= 0.6 is 11.3 Å². The summed E-state index contributed by atoms with van der Waals surface area (Å²) in [6.07, 6.45) is 3.26. The first kappa shape index (κ1) is 16.1. The Morgan fingerprint density at radius 3 is 2.73 bits per heavy atom. The number of nitrogens with zero attached hydrogens (tertiary/aromatic N) is 2. The van der Waals surface area contributed by atoms with E-state index in [1.807, 2.05) is 17.5 Å². The van der Waals surface area contributed by atoms with E-state index in [4.69, 9.17) is 11.0 Å². The van der Waals surface area contributed by atoms with Crippen LogP contribution in [-0.2, 0) is 4.79 Å². The van der Waals surface area contributed by atoms with E-state index in [0.29, 0.717) is 23.7 Å². The third-order valence-electron chi connectivity index (χ3n) is 3.17. The number of anilines is 1. The van der Waals surface area contributed by atoms with Gasteiger partial charge < -0.3 is 11.1 Å². The van der Waals surface area contributed by atoms with Gasteiger partial charge in [-0.05, 0) is 31.5 Å². The van der Waals surface area contributed by atoms with E-state index in [1.54, 1.807) is 12.1 Å². The van der Waals surface area contributed by atoms with Gasteiger partial charge in [0.05, 0.1) is 17.3 Å². The predicted octanol–water partition coefficient (Wildman–Crippen LogP) is 3.14. The van der Waals surface area contributed by atoms with Crippen molar-refractivity contribution in [2.45, 2.75) is 25.7 Å². The summed E-state index contributed by atoms with van der Waals surface area (Å²) in [5, 5.41) is 14.1. The van der Waals surface area contributed by atoms with Crippen molar-refractivity contribution in [3.05, 3.63) is 35.2 Å². The van der Waals surface area contributed by atoms with Crippen LogP contribution in [-0.4, -0.2) is 17.4 Å². The normalized spacial score (nSPS) is 10.2. The topological polar surface area (TPSA) is 91.8 Å². The number of carbonyl (C=O) groups excluding carboxylic acids is 1. The summed E-state index contributed by atoms with van der Waals surface area (Å²) < 4.78 is 0. The second-order valence-electron chi connectivity index (χ2n) is 4.87. The van der Waals surface area contributed by atoms with E-state index in [0.717, 1.165) is 30.5 Å². The highest BCUT2D eigenvalue weighted by molar-refractivity contribution is 7.14. The highest BCUT2D eigenvalue weighted by Gasteiger charge is 2.08. The van der Waals surface area contributed by atoms with Gasteiger partial charge in [0.25, 0.3) is 0 Å². The van der Waals surface area contributed by atoms with E-state index >= 15 is 0 Å². The van der Waals surface area contributed by atoms with Crippen molar-refractivity contribution in [3.63, 3.8) is 0 Å². The Morgan fingerprint density at radius 1 is 1.27 bits per heavy atom. The quantitative estimate of drug-likeness (QED) is 0.768. The summed E-state index contributed by atoms with van der Waals surface area (Å²) in [6.45, 7) is 0.669. The van der Waals surface area contributed by atoms with Crippen LogP contribution in [0.15, 0.2) is 29.6 Å². The molecular formula is C16H18N4OS. The van der Waals surface area contributed by atoms with Crippen LogP contribution < -0.4 is 11.1 Å². The Hall–Kier alpha value is -2.23. The van der Waals surface area contributed by atoms with Crippen LogP contribution in [0.5, 0.6) is 0 Å². The molecular weight excluding hydrogens is 296 g/mol. The van der Waals surface area contributed by atoms with E-state index in [9.17, 15) is 4.79 Å². The molecule has 6 heteroatoms. The molecule has 2 aromatic rings. The second kappa shape index (κ2) is 8.27. The van der Waals surface area contributed by atoms with Gasteiger partial charge in [-0.1, -0.05) is 18.6 Å². The number of unbranched alkanes of at least 4 members (excludes halogenated alkanes) is 2. The molecule has 22 heavy (non-hydrogen) atoms.